The van der Waals surface area contributed by atoms with Crippen LogP contribution in [-0.2, 0) is 0 Å². The van der Waals surface area contributed by atoms with Crippen molar-refractivity contribution in [1.29, 1.82) is 0 Å². The van der Waals surface area contributed by atoms with Crippen LogP contribution in [0, 0.1) is 0 Å². The molecule has 0 atom stereocenters. The van der Waals surface area contributed by atoms with Crippen LogP contribution >= 0.6 is 12.2 Å². The highest BCUT2D eigenvalue weighted by molar-refractivity contribution is 7.80. The molecule has 90 valence electrons. The summed E-state index contributed by atoms with van der Waals surface area (Å²) in [4.78, 5) is 0. The van der Waals surface area contributed by atoms with E-state index in [0.29, 0.717) is 6.04 Å². The summed E-state index contributed by atoms with van der Waals surface area (Å²) in [7, 11) is 0. The molecule has 3 heteroatoms. The van der Waals surface area contributed by atoms with Crippen LogP contribution in [0.4, 0.5) is 0 Å². The first-order valence-corrected chi connectivity index (χ1v) is 6.62. The quantitative estimate of drug-likeness (QED) is 0.494. The average Bonchev–Trinajstić information content (AvgIpc) is 2.15. The zero-order valence-corrected chi connectivity index (χ0v) is 11.3. The Labute approximate surface area is 100 Å². The van der Waals surface area contributed by atoms with Crippen molar-refractivity contribution in [3.8, 4) is 0 Å². The lowest BCUT2D eigenvalue weighted by molar-refractivity contribution is 0.599. The van der Waals surface area contributed by atoms with E-state index >= 15 is 0 Å². The lowest BCUT2D eigenvalue weighted by Crippen LogP contribution is -2.39. The third kappa shape index (κ3) is 11.6. The molecular weight excluding hydrogens is 204 g/mol. The van der Waals surface area contributed by atoms with Gasteiger partial charge in [0.1, 0.15) is 0 Å². The largest absolute Gasteiger partial charge is 0.363 e. The Morgan fingerprint density at radius 1 is 1.07 bits per heavy atom. The van der Waals surface area contributed by atoms with E-state index in [9.17, 15) is 0 Å². The number of unbranched alkanes of at least 4 members (excludes halogenated alkanes) is 5. The van der Waals surface area contributed by atoms with Crippen molar-refractivity contribution >= 4 is 17.3 Å². The molecule has 0 aliphatic heterocycles. The predicted molar refractivity (Wildman–Crippen MR) is 72.2 cm³/mol. The second-order valence-electron chi connectivity index (χ2n) is 4.32. The second kappa shape index (κ2) is 10.2. The van der Waals surface area contributed by atoms with Gasteiger partial charge >= 0.3 is 0 Å². The number of thiocarbonyl (C=S) groups is 1. The Balaban J connectivity index is 3.13. The van der Waals surface area contributed by atoms with E-state index in [1.54, 1.807) is 0 Å². The van der Waals surface area contributed by atoms with Gasteiger partial charge in [-0.3, -0.25) is 0 Å². The summed E-state index contributed by atoms with van der Waals surface area (Å²) in [5.41, 5.74) is 0. The number of hydrogen-bond donors (Lipinski definition) is 2. The highest BCUT2D eigenvalue weighted by Crippen LogP contribution is 2.03. The first-order chi connectivity index (χ1) is 7.16. The summed E-state index contributed by atoms with van der Waals surface area (Å²) in [5.74, 6) is 0. The van der Waals surface area contributed by atoms with Crippen molar-refractivity contribution in [2.24, 2.45) is 0 Å². The van der Waals surface area contributed by atoms with Gasteiger partial charge in [-0.2, -0.15) is 0 Å². The predicted octanol–water partition coefficient (Wildman–Crippen LogP) is 3.22. The number of hydrogen-bond acceptors (Lipinski definition) is 1. The normalized spacial score (nSPS) is 10.4. The smallest absolute Gasteiger partial charge is 0.166 e. The summed E-state index contributed by atoms with van der Waals surface area (Å²) in [6, 6.07) is 0.426. The van der Waals surface area contributed by atoms with Crippen molar-refractivity contribution < 1.29 is 0 Å². The molecule has 0 unspecified atom stereocenters. The van der Waals surface area contributed by atoms with E-state index in [0.717, 1.165) is 11.7 Å². The first-order valence-electron chi connectivity index (χ1n) is 6.21. The van der Waals surface area contributed by atoms with Crippen molar-refractivity contribution in [3.63, 3.8) is 0 Å². The average molecular weight is 230 g/mol. The van der Waals surface area contributed by atoms with Crippen molar-refractivity contribution in [3.05, 3.63) is 0 Å². The van der Waals surface area contributed by atoms with Gasteiger partial charge in [-0.15, -0.1) is 0 Å². The van der Waals surface area contributed by atoms with Gasteiger partial charge in [-0.05, 0) is 32.5 Å². The van der Waals surface area contributed by atoms with Gasteiger partial charge < -0.3 is 10.6 Å². The third-order valence-corrected chi connectivity index (χ3v) is 2.50. The van der Waals surface area contributed by atoms with Gasteiger partial charge in [-0.1, -0.05) is 39.0 Å². The minimum absolute atomic E-state index is 0.426. The molecule has 0 aromatic heterocycles. The van der Waals surface area contributed by atoms with Crippen molar-refractivity contribution in [1.82, 2.24) is 10.6 Å². The van der Waals surface area contributed by atoms with Crippen LogP contribution in [0.2, 0.25) is 0 Å². The lowest BCUT2D eigenvalue weighted by Gasteiger charge is -2.12. The minimum Gasteiger partial charge on any atom is -0.363 e. The molecule has 0 aromatic carbocycles. The van der Waals surface area contributed by atoms with Gasteiger partial charge in [0.25, 0.3) is 0 Å². The molecule has 0 fully saturated rings. The molecule has 0 bridgehead atoms. The Morgan fingerprint density at radius 2 is 1.67 bits per heavy atom. The van der Waals surface area contributed by atoms with Crippen molar-refractivity contribution in [2.75, 3.05) is 6.54 Å². The summed E-state index contributed by atoms with van der Waals surface area (Å²) < 4.78 is 0. The van der Waals surface area contributed by atoms with E-state index in [1.807, 2.05) is 0 Å². The van der Waals surface area contributed by atoms with E-state index in [2.05, 4.69) is 31.4 Å². The molecule has 0 radical (unpaired) electrons. The molecule has 0 heterocycles. The van der Waals surface area contributed by atoms with Crippen LogP contribution in [-0.4, -0.2) is 17.7 Å². The van der Waals surface area contributed by atoms with Crippen LogP contribution in [0.3, 0.4) is 0 Å². The van der Waals surface area contributed by atoms with Crippen LogP contribution < -0.4 is 10.6 Å². The van der Waals surface area contributed by atoms with Crippen molar-refractivity contribution in [2.45, 2.75) is 65.3 Å². The summed E-state index contributed by atoms with van der Waals surface area (Å²) in [5, 5.41) is 7.19. The molecule has 0 saturated heterocycles. The van der Waals surface area contributed by atoms with E-state index in [-0.39, 0.29) is 0 Å². The summed E-state index contributed by atoms with van der Waals surface area (Å²) >= 11 is 5.13. The standard InChI is InChI=1S/C12H26N2S/c1-4-5-6-7-8-9-10-13-12(15)14-11(2)3/h11H,4-10H2,1-3H3,(H2,13,14,15). The van der Waals surface area contributed by atoms with Crippen LogP contribution in [0.25, 0.3) is 0 Å². The summed E-state index contributed by atoms with van der Waals surface area (Å²) in [6.07, 6.45) is 7.98. The van der Waals surface area contributed by atoms with Crippen LogP contribution in [0.15, 0.2) is 0 Å². The fourth-order valence-corrected chi connectivity index (χ4v) is 1.76. The van der Waals surface area contributed by atoms with Crippen LogP contribution in [0.1, 0.15) is 59.3 Å². The summed E-state index contributed by atoms with van der Waals surface area (Å²) in [6.45, 7) is 7.44. The maximum Gasteiger partial charge on any atom is 0.166 e. The Hall–Kier alpha value is -0.310. The molecule has 2 nitrogen and oxygen atoms in total. The molecule has 0 amide bonds. The number of nitrogens with one attached hydrogen (secondary N) is 2. The molecule has 0 rings (SSSR count). The molecule has 0 spiro atoms. The fourth-order valence-electron chi connectivity index (χ4n) is 1.42. The molecular formula is C12H26N2S. The van der Waals surface area contributed by atoms with Gasteiger partial charge in [0.05, 0.1) is 0 Å². The van der Waals surface area contributed by atoms with Crippen LogP contribution in [0.5, 0.6) is 0 Å². The zero-order valence-electron chi connectivity index (χ0n) is 10.4. The fraction of sp³-hybridized carbons (Fsp3) is 0.917. The highest BCUT2D eigenvalue weighted by Gasteiger charge is 1.96. The van der Waals surface area contributed by atoms with Gasteiger partial charge in [-0.25, -0.2) is 0 Å². The van der Waals surface area contributed by atoms with Gasteiger partial charge in [0.15, 0.2) is 5.11 Å². The highest BCUT2D eigenvalue weighted by atomic mass is 32.1. The molecule has 0 saturated carbocycles. The molecule has 0 aromatic rings. The molecule has 15 heavy (non-hydrogen) atoms. The SMILES string of the molecule is CCCCCCCCNC(=S)NC(C)C. The van der Waals surface area contributed by atoms with Gasteiger partial charge in [0.2, 0.25) is 0 Å². The second-order valence-corrected chi connectivity index (χ2v) is 4.73. The molecule has 0 aliphatic carbocycles. The Kier molecular flexibility index (Phi) is 10.0. The van der Waals surface area contributed by atoms with E-state index < -0.39 is 0 Å². The lowest BCUT2D eigenvalue weighted by atomic mass is 10.1. The van der Waals surface area contributed by atoms with E-state index in [1.165, 1.54) is 38.5 Å². The Bertz CT molecular complexity index is 158. The number of rotatable bonds is 8. The minimum atomic E-state index is 0.426. The molecule has 0 aliphatic rings. The zero-order chi connectivity index (χ0) is 11.5. The maximum atomic E-state index is 5.13. The topological polar surface area (TPSA) is 24.1 Å². The van der Waals surface area contributed by atoms with E-state index in [4.69, 9.17) is 12.2 Å². The maximum absolute atomic E-state index is 5.13. The monoisotopic (exact) mass is 230 g/mol. The van der Waals surface area contributed by atoms with Gasteiger partial charge in [0, 0.05) is 12.6 Å². The Morgan fingerprint density at radius 3 is 2.27 bits per heavy atom. The molecule has 2 N–H and O–H groups in total. The first kappa shape index (κ1) is 14.7. The third-order valence-electron chi connectivity index (χ3n) is 2.24.